The van der Waals surface area contributed by atoms with Gasteiger partial charge in [-0.1, -0.05) is 212 Å². The number of nitrogens with zero attached hydrogens (tertiary/aromatic N) is 2. The number of allylic oxidation sites excluding steroid dienone is 4. The molecule has 11 aromatic rings. The summed E-state index contributed by atoms with van der Waals surface area (Å²) < 4.78 is 2.38. The maximum Gasteiger partial charge on any atom is 0.145 e. The lowest BCUT2D eigenvalue weighted by Gasteiger charge is -2.20. The van der Waals surface area contributed by atoms with Crippen molar-refractivity contribution in [3.63, 3.8) is 0 Å². The quantitative estimate of drug-likeness (QED) is 0.147. The molecule has 12 rings (SSSR count). The Bertz CT molecular complexity index is 3600. The first-order chi connectivity index (χ1) is 31.3. The molecule has 0 amide bonds. The predicted molar refractivity (Wildman–Crippen MR) is 268 cm³/mol. The van der Waals surface area contributed by atoms with E-state index in [1.54, 1.807) is 0 Å². The van der Waals surface area contributed by atoms with Crippen LogP contribution in [0, 0.1) is 0 Å². The first-order valence-corrected chi connectivity index (χ1v) is 21.9. The highest BCUT2D eigenvalue weighted by atomic mass is 15.1. The molecular weight excluding hydrogens is 761 g/mol. The fourth-order valence-corrected chi connectivity index (χ4v) is 9.95. The number of aromatic nitrogens is 2. The summed E-state index contributed by atoms with van der Waals surface area (Å²) in [6.07, 6.45) is 8.92. The van der Waals surface area contributed by atoms with Gasteiger partial charge >= 0.3 is 0 Å². The molecule has 0 atom stereocenters. The van der Waals surface area contributed by atoms with Crippen LogP contribution in [0.15, 0.2) is 231 Å². The molecule has 2 nitrogen and oxygen atoms in total. The van der Waals surface area contributed by atoms with Crippen molar-refractivity contribution in [3.05, 3.63) is 231 Å². The first kappa shape index (κ1) is 36.8. The molecular formula is C61H42N2. The van der Waals surface area contributed by atoms with E-state index in [1.165, 1.54) is 65.3 Å². The Morgan fingerprint density at radius 3 is 1.52 bits per heavy atom. The molecule has 0 saturated carbocycles. The summed E-state index contributed by atoms with van der Waals surface area (Å²) in [7, 11) is 0. The summed E-state index contributed by atoms with van der Waals surface area (Å²) in [5.41, 5.74) is 13.8. The second-order valence-electron chi connectivity index (χ2n) is 16.5. The summed E-state index contributed by atoms with van der Waals surface area (Å²) in [6, 6.07) is 77.5. The number of benzene rings is 10. The average Bonchev–Trinajstić information content (AvgIpc) is 3.77. The van der Waals surface area contributed by atoms with E-state index in [9.17, 15) is 0 Å². The van der Waals surface area contributed by atoms with Gasteiger partial charge in [-0.05, 0) is 108 Å². The molecule has 0 unspecified atom stereocenters. The Labute approximate surface area is 367 Å². The monoisotopic (exact) mass is 802 g/mol. The zero-order valence-corrected chi connectivity index (χ0v) is 34.7. The molecule has 1 aliphatic rings. The normalized spacial score (nSPS) is 12.7. The van der Waals surface area contributed by atoms with Crippen LogP contribution in [-0.4, -0.2) is 9.55 Å². The minimum atomic E-state index is 0.925. The molecule has 0 N–H and O–H groups in total. The first-order valence-electron chi connectivity index (χ1n) is 21.9. The molecule has 63 heavy (non-hydrogen) atoms. The molecule has 2 heteroatoms. The van der Waals surface area contributed by atoms with Gasteiger partial charge in [0.05, 0.1) is 11.4 Å². The van der Waals surface area contributed by atoms with E-state index in [-0.39, 0.29) is 0 Å². The smallest absolute Gasteiger partial charge is 0.145 e. The third kappa shape index (κ3) is 6.30. The van der Waals surface area contributed by atoms with E-state index in [2.05, 4.69) is 235 Å². The van der Waals surface area contributed by atoms with Crippen molar-refractivity contribution in [1.29, 1.82) is 0 Å². The van der Waals surface area contributed by atoms with Crippen LogP contribution in [0.4, 0.5) is 0 Å². The van der Waals surface area contributed by atoms with Gasteiger partial charge in [0.2, 0.25) is 0 Å². The molecule has 1 aliphatic carbocycles. The molecule has 0 fully saturated rings. The minimum Gasteiger partial charge on any atom is -0.292 e. The summed E-state index contributed by atoms with van der Waals surface area (Å²) in [5, 5.41) is 9.93. The number of hydrogen-bond acceptors (Lipinski definition) is 1. The van der Waals surface area contributed by atoms with Crippen LogP contribution < -0.4 is 0 Å². The van der Waals surface area contributed by atoms with Crippen LogP contribution >= 0.6 is 0 Å². The molecule has 1 aromatic heterocycles. The Morgan fingerprint density at radius 1 is 0.365 bits per heavy atom. The zero-order chi connectivity index (χ0) is 41.7. The average molecular weight is 803 g/mol. The van der Waals surface area contributed by atoms with Crippen molar-refractivity contribution in [2.24, 2.45) is 0 Å². The number of fused-ring (bicyclic) bond motifs is 4. The highest BCUT2D eigenvalue weighted by Crippen LogP contribution is 2.48. The van der Waals surface area contributed by atoms with Gasteiger partial charge in [0.25, 0.3) is 0 Å². The van der Waals surface area contributed by atoms with Crippen molar-refractivity contribution in [2.45, 2.75) is 12.8 Å². The SMILES string of the molecule is C1=CC(n2c(-c3cccc(-c4ccc5c(-c6cccc7ccccc67)c6ccccc6c(-c6cccc7ccccc67)c5c4)c3)nc(-c3ccccc3)c2-c2ccccc2)=CCC1. The maximum absolute atomic E-state index is 5.56. The number of hydrogen-bond donors (Lipinski definition) is 0. The standard InChI is InChI=1S/C61H42N2/c1-4-21-43(22-5-1)59-60(44-23-6-2-7-24-44)63(48-29-8-3-9-30-48)61(62-59)47-28-16-27-45(39-47)46-37-38-55-56(40-46)58(52-36-18-26-42-20-11-13-32-50(42)52)54-34-15-14-33-53(54)57(55)51-35-17-25-41-19-10-12-31-49(41)51/h1-2,4-8,10-40H,3,9H2. The zero-order valence-electron chi connectivity index (χ0n) is 34.7. The van der Waals surface area contributed by atoms with Crippen molar-refractivity contribution >= 4 is 48.8 Å². The highest BCUT2D eigenvalue weighted by molar-refractivity contribution is 6.25. The molecule has 0 bridgehead atoms. The Balaban J connectivity index is 1.13. The lowest BCUT2D eigenvalue weighted by Crippen LogP contribution is -2.03. The molecule has 1 heterocycles. The molecule has 0 aliphatic heterocycles. The largest absolute Gasteiger partial charge is 0.292 e. The molecule has 0 radical (unpaired) electrons. The van der Waals surface area contributed by atoms with Gasteiger partial charge in [-0.25, -0.2) is 4.98 Å². The van der Waals surface area contributed by atoms with E-state index < -0.39 is 0 Å². The van der Waals surface area contributed by atoms with Gasteiger partial charge in [-0.3, -0.25) is 4.57 Å². The van der Waals surface area contributed by atoms with Crippen LogP contribution in [0.25, 0.3) is 116 Å². The number of imidazole rings is 1. The lowest BCUT2D eigenvalue weighted by atomic mass is 9.83. The topological polar surface area (TPSA) is 17.8 Å². The second-order valence-corrected chi connectivity index (χ2v) is 16.5. The van der Waals surface area contributed by atoms with Crippen LogP contribution in [-0.2, 0) is 0 Å². The van der Waals surface area contributed by atoms with E-state index in [0.29, 0.717) is 0 Å². The second kappa shape index (κ2) is 15.4. The van der Waals surface area contributed by atoms with Crippen molar-refractivity contribution in [2.75, 3.05) is 0 Å². The van der Waals surface area contributed by atoms with E-state index in [4.69, 9.17) is 4.98 Å². The molecule has 0 saturated heterocycles. The maximum atomic E-state index is 5.56. The van der Waals surface area contributed by atoms with Gasteiger partial charge in [-0.2, -0.15) is 0 Å². The van der Waals surface area contributed by atoms with Crippen molar-refractivity contribution in [3.8, 4) is 67.3 Å². The van der Waals surface area contributed by atoms with Crippen molar-refractivity contribution in [1.82, 2.24) is 9.55 Å². The van der Waals surface area contributed by atoms with Gasteiger partial charge in [0, 0.05) is 22.4 Å². The number of rotatable bonds is 7. The van der Waals surface area contributed by atoms with Crippen LogP contribution in [0.2, 0.25) is 0 Å². The Morgan fingerprint density at radius 2 is 0.873 bits per heavy atom. The predicted octanol–water partition coefficient (Wildman–Crippen LogP) is 16.7. The van der Waals surface area contributed by atoms with Gasteiger partial charge < -0.3 is 0 Å². The third-order valence-corrected chi connectivity index (χ3v) is 12.8. The van der Waals surface area contributed by atoms with Gasteiger partial charge in [0.15, 0.2) is 0 Å². The van der Waals surface area contributed by atoms with E-state index in [1.807, 2.05) is 0 Å². The van der Waals surface area contributed by atoms with Crippen LogP contribution in [0.3, 0.4) is 0 Å². The van der Waals surface area contributed by atoms with Crippen LogP contribution in [0.5, 0.6) is 0 Å². The van der Waals surface area contributed by atoms with Gasteiger partial charge in [0.1, 0.15) is 5.82 Å². The summed E-state index contributed by atoms with van der Waals surface area (Å²) in [6.45, 7) is 0. The summed E-state index contributed by atoms with van der Waals surface area (Å²) >= 11 is 0. The van der Waals surface area contributed by atoms with E-state index in [0.717, 1.165) is 63.6 Å². The Hall–Kier alpha value is -8.07. The summed E-state index contributed by atoms with van der Waals surface area (Å²) in [4.78, 5) is 5.56. The fraction of sp³-hybridized carbons (Fsp3) is 0.0328. The fourth-order valence-electron chi connectivity index (χ4n) is 9.95. The summed E-state index contributed by atoms with van der Waals surface area (Å²) in [5.74, 6) is 0.925. The molecule has 10 aromatic carbocycles. The van der Waals surface area contributed by atoms with Gasteiger partial charge in [-0.15, -0.1) is 0 Å². The highest BCUT2D eigenvalue weighted by Gasteiger charge is 2.24. The molecule has 0 spiro atoms. The third-order valence-electron chi connectivity index (χ3n) is 12.8. The van der Waals surface area contributed by atoms with E-state index >= 15 is 0 Å². The van der Waals surface area contributed by atoms with Crippen LogP contribution in [0.1, 0.15) is 12.8 Å². The molecule has 296 valence electrons. The minimum absolute atomic E-state index is 0.925. The lowest BCUT2D eigenvalue weighted by molar-refractivity contribution is 1.00. The van der Waals surface area contributed by atoms with Crippen molar-refractivity contribution < 1.29 is 0 Å². The Kier molecular flexibility index (Phi) is 9.01.